The molecule has 4 aromatic heterocycles. The summed E-state index contributed by atoms with van der Waals surface area (Å²) < 4.78 is 46.1. The lowest BCUT2D eigenvalue weighted by Gasteiger charge is -2.35. The summed E-state index contributed by atoms with van der Waals surface area (Å²) in [4.78, 5) is 7.11. The number of rotatable bonds is 9. The number of fused-ring (bicyclic) bond motifs is 3. The minimum absolute atomic E-state index is 0.0168. The average Bonchev–Trinajstić information content (AvgIpc) is 3.82. The Balaban J connectivity index is 1.51. The molecule has 0 fully saturated rings. The summed E-state index contributed by atoms with van der Waals surface area (Å²) in [5, 5.41) is 33.0. The molecule has 0 amide bonds. The van der Waals surface area contributed by atoms with Gasteiger partial charge in [-0.2, -0.15) is 15.5 Å². The number of hydrogen-bond acceptors (Lipinski definition) is 9. The van der Waals surface area contributed by atoms with E-state index in [-0.39, 0.29) is 30.6 Å². The second-order valence-electron chi connectivity index (χ2n) is 11.5. The first-order chi connectivity index (χ1) is 23.2. The van der Waals surface area contributed by atoms with Crippen LogP contribution in [0.4, 0.5) is 8.78 Å². The number of halogens is 2. The number of pyridine rings is 1. The van der Waals surface area contributed by atoms with Crippen LogP contribution in [0, 0.1) is 23.0 Å². The van der Waals surface area contributed by atoms with Crippen LogP contribution in [0.15, 0.2) is 60.5 Å². The van der Waals surface area contributed by atoms with Crippen molar-refractivity contribution in [2.45, 2.75) is 25.7 Å². The number of ether oxygens (including phenoxy) is 2. The van der Waals surface area contributed by atoms with Crippen LogP contribution in [0.2, 0.25) is 0 Å². The standard InChI is InChI=1S/C35H31F2N7O3S/c1-5-30(45)43-9-10-44-28(19(43)2)17-25(41-44)34-32(31-24(37)15-21(36)16-29(31)47-12-11-46-4)35-22(8-13-48-35)33(39-34)20-6-7-27-23(14-20)26(18-38)40-42(27)3/h5-8,13-17,19,30,45H,1,9-12H2,2-4H3/t19-,30?/m1/s1. The summed E-state index contributed by atoms with van der Waals surface area (Å²) in [5.41, 5.74) is 4.59. The van der Waals surface area contributed by atoms with Crippen molar-refractivity contribution in [2.24, 2.45) is 7.05 Å². The van der Waals surface area contributed by atoms with Gasteiger partial charge in [0.1, 0.15) is 47.7 Å². The molecule has 7 rings (SSSR count). The van der Waals surface area contributed by atoms with Gasteiger partial charge in [0.15, 0.2) is 5.69 Å². The number of thiophene rings is 1. The third kappa shape index (κ3) is 5.23. The normalized spacial score (nSPS) is 15.5. The fourth-order valence-electron chi connectivity index (χ4n) is 6.43. The molecule has 244 valence electrons. The van der Waals surface area contributed by atoms with E-state index < -0.39 is 17.9 Å². The molecule has 5 heterocycles. The van der Waals surface area contributed by atoms with Gasteiger partial charge in [-0.15, -0.1) is 11.3 Å². The maximum absolute atomic E-state index is 16.1. The van der Waals surface area contributed by atoms with Crippen molar-refractivity contribution in [3.05, 3.63) is 83.5 Å². The molecule has 2 atom stereocenters. The molecule has 2 aromatic carbocycles. The molecule has 1 aliphatic heterocycles. The van der Waals surface area contributed by atoms with Crippen LogP contribution in [0.25, 0.3) is 54.8 Å². The zero-order valence-corrected chi connectivity index (χ0v) is 27.3. The van der Waals surface area contributed by atoms with Crippen molar-refractivity contribution >= 4 is 32.3 Å². The van der Waals surface area contributed by atoms with E-state index in [0.717, 1.165) is 28.2 Å². The molecule has 0 spiro atoms. The Labute approximate surface area is 278 Å². The van der Waals surface area contributed by atoms with E-state index in [0.29, 0.717) is 51.5 Å². The highest BCUT2D eigenvalue weighted by Crippen LogP contribution is 2.47. The van der Waals surface area contributed by atoms with Gasteiger partial charge in [0, 0.05) is 59.4 Å². The van der Waals surface area contributed by atoms with E-state index in [1.165, 1.54) is 30.6 Å². The first kappa shape index (κ1) is 31.6. The number of hydrogen-bond donors (Lipinski definition) is 1. The third-order valence-electron chi connectivity index (χ3n) is 8.75. The lowest BCUT2D eigenvalue weighted by Crippen LogP contribution is -2.42. The molecule has 13 heteroatoms. The molecule has 1 aliphatic rings. The summed E-state index contributed by atoms with van der Waals surface area (Å²) in [6.07, 6.45) is 0.648. The van der Waals surface area contributed by atoms with Gasteiger partial charge >= 0.3 is 0 Å². The smallest absolute Gasteiger partial charge is 0.170 e. The minimum atomic E-state index is -0.837. The number of aliphatic hydroxyl groups excluding tert-OH is 1. The second-order valence-corrected chi connectivity index (χ2v) is 12.4. The SMILES string of the molecule is C=CC(O)N1CCn2nc(-c3nc(-c4ccc5c(c4)c(C#N)nn5C)c4ccsc4c3-c3c(F)cc(F)cc3OCCOC)cc2[C@H]1C. The molecule has 1 N–H and O–H groups in total. The van der Waals surface area contributed by atoms with Gasteiger partial charge < -0.3 is 14.6 Å². The maximum atomic E-state index is 16.1. The van der Waals surface area contributed by atoms with Crippen LogP contribution in [0.1, 0.15) is 24.4 Å². The van der Waals surface area contributed by atoms with Gasteiger partial charge in [0.05, 0.1) is 41.7 Å². The Bertz CT molecular complexity index is 2250. The molecule has 6 aromatic rings. The van der Waals surface area contributed by atoms with Gasteiger partial charge in [-0.25, -0.2) is 13.8 Å². The molecular formula is C35H31F2N7O3S. The van der Waals surface area contributed by atoms with Gasteiger partial charge in [-0.3, -0.25) is 14.3 Å². The monoisotopic (exact) mass is 667 g/mol. The van der Waals surface area contributed by atoms with E-state index >= 15 is 4.39 Å². The average molecular weight is 668 g/mol. The van der Waals surface area contributed by atoms with Crippen LogP contribution in [0.3, 0.4) is 0 Å². The lowest BCUT2D eigenvalue weighted by atomic mass is 9.96. The topological polar surface area (TPSA) is 114 Å². The molecule has 0 bridgehead atoms. The molecule has 0 saturated heterocycles. The van der Waals surface area contributed by atoms with E-state index in [2.05, 4.69) is 17.7 Å². The Kier molecular flexibility index (Phi) is 8.26. The Morgan fingerprint density at radius 1 is 1.10 bits per heavy atom. The number of aliphatic hydroxyl groups is 1. The first-order valence-corrected chi connectivity index (χ1v) is 16.2. The molecule has 10 nitrogen and oxygen atoms in total. The summed E-state index contributed by atoms with van der Waals surface area (Å²) in [7, 11) is 3.30. The minimum Gasteiger partial charge on any atom is -0.490 e. The van der Waals surface area contributed by atoms with Crippen molar-refractivity contribution in [1.82, 2.24) is 29.4 Å². The second kappa shape index (κ2) is 12.6. The van der Waals surface area contributed by atoms with Gasteiger partial charge in [-0.1, -0.05) is 12.6 Å². The fourth-order valence-corrected chi connectivity index (χ4v) is 7.38. The van der Waals surface area contributed by atoms with Gasteiger partial charge in [0.2, 0.25) is 0 Å². The quantitative estimate of drug-likeness (QED) is 0.139. The number of aryl methyl sites for hydroxylation is 1. The van der Waals surface area contributed by atoms with E-state index in [4.69, 9.17) is 19.6 Å². The predicted molar refractivity (Wildman–Crippen MR) is 179 cm³/mol. The largest absolute Gasteiger partial charge is 0.490 e. The van der Waals surface area contributed by atoms with Crippen molar-refractivity contribution in [3.63, 3.8) is 0 Å². The molecule has 1 unspecified atom stereocenters. The van der Waals surface area contributed by atoms with Gasteiger partial charge in [0.25, 0.3) is 0 Å². The zero-order valence-electron chi connectivity index (χ0n) is 26.4. The number of nitriles is 1. The van der Waals surface area contributed by atoms with Crippen molar-refractivity contribution in [2.75, 3.05) is 26.9 Å². The molecule has 48 heavy (non-hydrogen) atoms. The summed E-state index contributed by atoms with van der Waals surface area (Å²) in [5.74, 6) is -1.56. The fraction of sp³-hybridized carbons (Fsp3) is 0.257. The van der Waals surface area contributed by atoms with Crippen molar-refractivity contribution in [3.8, 4) is 45.6 Å². The Morgan fingerprint density at radius 2 is 1.94 bits per heavy atom. The van der Waals surface area contributed by atoms with Crippen LogP contribution in [-0.4, -0.2) is 67.6 Å². The highest BCUT2D eigenvalue weighted by Gasteiger charge is 2.32. The number of methoxy groups -OCH3 is 1. The first-order valence-electron chi connectivity index (χ1n) is 15.3. The van der Waals surface area contributed by atoms with Crippen molar-refractivity contribution in [1.29, 1.82) is 5.26 Å². The predicted octanol–water partition coefficient (Wildman–Crippen LogP) is 6.44. The van der Waals surface area contributed by atoms with Crippen LogP contribution < -0.4 is 4.74 Å². The lowest BCUT2D eigenvalue weighted by molar-refractivity contribution is -0.00289. The number of benzene rings is 2. The van der Waals surface area contributed by atoms with Crippen LogP contribution >= 0.6 is 11.3 Å². The Hall–Kier alpha value is -5.00. The summed E-state index contributed by atoms with van der Waals surface area (Å²) >= 11 is 1.40. The number of nitrogens with zero attached hydrogens (tertiary/aromatic N) is 7. The highest BCUT2D eigenvalue weighted by molar-refractivity contribution is 7.18. The summed E-state index contributed by atoms with van der Waals surface area (Å²) in [6.45, 7) is 7.04. The Morgan fingerprint density at radius 3 is 2.71 bits per heavy atom. The highest BCUT2D eigenvalue weighted by atomic mass is 32.1. The number of aromatic nitrogens is 5. The maximum Gasteiger partial charge on any atom is 0.170 e. The van der Waals surface area contributed by atoms with E-state index in [1.807, 2.05) is 52.2 Å². The van der Waals surface area contributed by atoms with Crippen molar-refractivity contribution < 1.29 is 23.4 Å². The molecule has 0 aliphatic carbocycles. The molecular weight excluding hydrogens is 636 g/mol. The van der Waals surface area contributed by atoms with Crippen LogP contribution in [-0.2, 0) is 18.3 Å². The third-order valence-corrected chi connectivity index (χ3v) is 9.68. The molecule has 0 radical (unpaired) electrons. The van der Waals surface area contributed by atoms with Crippen LogP contribution in [0.5, 0.6) is 5.75 Å². The molecule has 0 saturated carbocycles. The van der Waals surface area contributed by atoms with Gasteiger partial charge in [-0.05, 0) is 42.6 Å². The zero-order chi connectivity index (χ0) is 33.7. The van der Waals surface area contributed by atoms with E-state index in [1.54, 1.807) is 11.7 Å². The summed E-state index contributed by atoms with van der Waals surface area (Å²) in [6, 6.07) is 13.5. The van der Waals surface area contributed by atoms with E-state index in [9.17, 15) is 14.8 Å².